The number of thiazole rings is 1. The van der Waals surface area contributed by atoms with Gasteiger partial charge in [0.1, 0.15) is 11.9 Å². The lowest BCUT2D eigenvalue weighted by Crippen LogP contribution is -2.57. The van der Waals surface area contributed by atoms with E-state index in [9.17, 15) is 9.59 Å². The summed E-state index contributed by atoms with van der Waals surface area (Å²) in [5.41, 5.74) is 0.791. The molecule has 0 spiro atoms. The molecule has 0 aliphatic carbocycles. The van der Waals surface area contributed by atoms with Crippen LogP contribution in [-0.4, -0.2) is 54.5 Å². The van der Waals surface area contributed by atoms with Crippen molar-refractivity contribution in [3.8, 4) is 10.9 Å². The second kappa shape index (κ2) is 6.95. The third kappa shape index (κ3) is 3.24. The molecule has 2 saturated heterocycles. The smallest absolute Gasteiger partial charge is 0.273 e. The second-order valence-electron chi connectivity index (χ2n) is 6.38. The Hall–Kier alpha value is -2.61. The Labute approximate surface area is 155 Å². The topological polar surface area (TPSA) is 72.0 Å². The van der Waals surface area contributed by atoms with E-state index in [1.165, 1.54) is 11.3 Å². The molecular formula is C18H19N3O4S. The Morgan fingerprint density at radius 3 is 2.65 bits per heavy atom. The Morgan fingerprint density at radius 2 is 2.00 bits per heavy atom. The van der Waals surface area contributed by atoms with Crippen molar-refractivity contribution in [1.29, 1.82) is 0 Å². The summed E-state index contributed by atoms with van der Waals surface area (Å²) in [4.78, 5) is 32.5. The van der Waals surface area contributed by atoms with Gasteiger partial charge in [-0.2, -0.15) is 0 Å². The highest BCUT2D eigenvalue weighted by molar-refractivity contribution is 7.11. The molecule has 26 heavy (non-hydrogen) atoms. The number of nitrogens with zero attached hydrogens (tertiary/aromatic N) is 3. The number of anilines is 1. The molecule has 2 amide bonds. The number of hydrogen-bond donors (Lipinski definition) is 0. The minimum absolute atomic E-state index is 0.0140. The van der Waals surface area contributed by atoms with E-state index in [0.717, 1.165) is 11.4 Å². The number of ether oxygens (including phenoxy) is 2. The average molecular weight is 373 g/mol. The molecule has 136 valence electrons. The quantitative estimate of drug-likeness (QED) is 0.799. The van der Waals surface area contributed by atoms with E-state index in [2.05, 4.69) is 4.98 Å². The van der Waals surface area contributed by atoms with Crippen LogP contribution >= 0.6 is 11.3 Å². The van der Waals surface area contributed by atoms with E-state index in [1.807, 2.05) is 29.6 Å². The zero-order valence-electron chi connectivity index (χ0n) is 14.3. The molecule has 2 fully saturated rings. The molecule has 7 nitrogen and oxygen atoms in total. The highest BCUT2D eigenvalue weighted by Gasteiger charge is 2.41. The molecule has 2 aromatic rings. The van der Waals surface area contributed by atoms with E-state index in [0.29, 0.717) is 24.8 Å². The van der Waals surface area contributed by atoms with Gasteiger partial charge in [0.2, 0.25) is 11.8 Å². The Bertz CT molecular complexity index is 787. The van der Waals surface area contributed by atoms with Crippen LogP contribution in [0.15, 0.2) is 35.8 Å². The van der Waals surface area contributed by atoms with Crippen LogP contribution in [0.4, 0.5) is 5.69 Å². The number of carbonyl (C=O) groups is 2. The molecule has 0 N–H and O–H groups in total. The number of hydrogen-bond acceptors (Lipinski definition) is 6. The first kappa shape index (κ1) is 16.8. The molecule has 3 heterocycles. The summed E-state index contributed by atoms with van der Waals surface area (Å²) < 4.78 is 10.8. The van der Waals surface area contributed by atoms with Gasteiger partial charge in [0.25, 0.3) is 5.19 Å². The van der Waals surface area contributed by atoms with Gasteiger partial charge < -0.3 is 19.3 Å². The van der Waals surface area contributed by atoms with E-state index in [1.54, 1.807) is 23.1 Å². The van der Waals surface area contributed by atoms with Crippen LogP contribution in [0, 0.1) is 5.92 Å². The van der Waals surface area contributed by atoms with Gasteiger partial charge in [-0.1, -0.05) is 11.3 Å². The molecule has 2 aliphatic heterocycles. The zero-order chi connectivity index (χ0) is 18.1. The van der Waals surface area contributed by atoms with Crippen LogP contribution in [0.25, 0.3) is 0 Å². The first-order valence-electron chi connectivity index (χ1n) is 8.43. The number of aromatic nitrogens is 1. The van der Waals surface area contributed by atoms with Gasteiger partial charge in [0.15, 0.2) is 0 Å². The van der Waals surface area contributed by atoms with Crippen LogP contribution in [0.5, 0.6) is 10.9 Å². The van der Waals surface area contributed by atoms with Crippen molar-refractivity contribution in [3.63, 3.8) is 0 Å². The summed E-state index contributed by atoms with van der Waals surface area (Å²) >= 11 is 1.44. The number of likely N-dealkylation sites (tertiary alicyclic amines) is 1. The van der Waals surface area contributed by atoms with Gasteiger partial charge in [-0.25, -0.2) is 4.98 Å². The lowest BCUT2D eigenvalue weighted by atomic mass is 10.0. The molecule has 0 unspecified atom stereocenters. The van der Waals surface area contributed by atoms with E-state index in [-0.39, 0.29) is 30.3 Å². The molecule has 0 radical (unpaired) electrons. The maximum Gasteiger partial charge on any atom is 0.273 e. The van der Waals surface area contributed by atoms with Gasteiger partial charge in [0.05, 0.1) is 26.1 Å². The van der Waals surface area contributed by atoms with Crippen molar-refractivity contribution in [3.05, 3.63) is 35.8 Å². The molecule has 0 saturated carbocycles. The lowest BCUT2D eigenvalue weighted by Gasteiger charge is -2.39. The van der Waals surface area contributed by atoms with Gasteiger partial charge in [0, 0.05) is 30.2 Å². The predicted octanol–water partition coefficient (Wildman–Crippen LogP) is 1.79. The Balaban J connectivity index is 1.32. The van der Waals surface area contributed by atoms with Gasteiger partial charge in [-0.05, 0) is 24.3 Å². The predicted molar refractivity (Wildman–Crippen MR) is 96.6 cm³/mol. The molecule has 2 aliphatic rings. The molecular weight excluding hydrogens is 354 g/mol. The average Bonchev–Trinajstić information content (AvgIpc) is 3.27. The molecule has 4 rings (SSSR count). The summed E-state index contributed by atoms with van der Waals surface area (Å²) in [7, 11) is 1.60. The first-order valence-corrected chi connectivity index (χ1v) is 9.31. The summed E-state index contributed by atoms with van der Waals surface area (Å²) in [6.45, 7) is 1.51. The Morgan fingerprint density at radius 1 is 1.23 bits per heavy atom. The van der Waals surface area contributed by atoms with Gasteiger partial charge in [-0.3, -0.25) is 9.59 Å². The third-order valence-electron chi connectivity index (χ3n) is 4.70. The SMILES string of the molecule is COc1ccc(N2C[C@H](C(=O)N3CC(Oc4nccs4)C3)CC2=O)cc1. The fourth-order valence-electron chi connectivity index (χ4n) is 3.25. The third-order valence-corrected chi connectivity index (χ3v) is 5.36. The van der Waals surface area contributed by atoms with E-state index < -0.39 is 0 Å². The van der Waals surface area contributed by atoms with E-state index in [4.69, 9.17) is 9.47 Å². The highest BCUT2D eigenvalue weighted by atomic mass is 32.1. The van der Waals surface area contributed by atoms with Crippen LogP contribution < -0.4 is 14.4 Å². The monoisotopic (exact) mass is 373 g/mol. The van der Waals surface area contributed by atoms with E-state index >= 15 is 0 Å². The van der Waals surface area contributed by atoms with Gasteiger partial charge in [-0.15, -0.1) is 0 Å². The summed E-state index contributed by atoms with van der Waals surface area (Å²) in [5.74, 6) is 0.434. The number of amides is 2. The van der Waals surface area contributed by atoms with Crippen LogP contribution in [0.3, 0.4) is 0 Å². The number of methoxy groups -OCH3 is 1. The molecule has 8 heteroatoms. The fourth-order valence-corrected chi connectivity index (χ4v) is 3.80. The number of benzene rings is 1. The molecule has 1 aromatic carbocycles. The minimum Gasteiger partial charge on any atom is -0.497 e. The molecule has 0 bridgehead atoms. The zero-order valence-corrected chi connectivity index (χ0v) is 15.1. The standard InChI is InChI=1S/C18H19N3O4S/c1-24-14-4-2-13(3-5-14)21-9-12(8-16(21)22)17(23)20-10-15(11-20)25-18-19-6-7-26-18/h2-7,12,15H,8-11H2,1H3/t12-/m1/s1. The van der Waals surface area contributed by atoms with Crippen LogP contribution in [0.1, 0.15) is 6.42 Å². The summed E-state index contributed by atoms with van der Waals surface area (Å²) in [5, 5.41) is 2.48. The normalized spacial score (nSPS) is 20.2. The highest BCUT2D eigenvalue weighted by Crippen LogP contribution is 2.29. The molecule has 1 aromatic heterocycles. The Kier molecular flexibility index (Phi) is 4.50. The summed E-state index contributed by atoms with van der Waals surface area (Å²) in [6, 6.07) is 7.30. The van der Waals surface area contributed by atoms with Crippen molar-refractivity contribution < 1.29 is 19.1 Å². The second-order valence-corrected chi connectivity index (χ2v) is 7.24. The van der Waals surface area contributed by atoms with Crippen LogP contribution in [-0.2, 0) is 9.59 Å². The fraction of sp³-hybridized carbons (Fsp3) is 0.389. The number of carbonyl (C=O) groups excluding carboxylic acids is 2. The largest absolute Gasteiger partial charge is 0.497 e. The maximum atomic E-state index is 12.7. The van der Waals surface area contributed by atoms with Crippen molar-refractivity contribution >= 4 is 28.8 Å². The van der Waals surface area contributed by atoms with Crippen molar-refractivity contribution in [2.45, 2.75) is 12.5 Å². The van der Waals surface area contributed by atoms with Crippen molar-refractivity contribution in [2.24, 2.45) is 5.92 Å². The van der Waals surface area contributed by atoms with Crippen molar-refractivity contribution in [1.82, 2.24) is 9.88 Å². The first-order chi connectivity index (χ1) is 12.6. The van der Waals surface area contributed by atoms with Crippen molar-refractivity contribution in [2.75, 3.05) is 31.6 Å². The van der Waals surface area contributed by atoms with Gasteiger partial charge >= 0.3 is 0 Å². The van der Waals surface area contributed by atoms with Crippen LogP contribution in [0.2, 0.25) is 0 Å². The maximum absolute atomic E-state index is 12.7. The summed E-state index contributed by atoms with van der Waals surface area (Å²) in [6.07, 6.45) is 1.93. The molecule has 1 atom stereocenters. The minimum atomic E-state index is -0.301. The number of rotatable bonds is 5. The lowest BCUT2D eigenvalue weighted by molar-refractivity contribution is -0.144.